The molecule has 2 unspecified atom stereocenters. The molecule has 0 spiro atoms. The predicted molar refractivity (Wildman–Crippen MR) is 52.1 cm³/mol. The Bertz CT molecular complexity index is 245. The topological polar surface area (TPSA) is 110 Å². The maximum Gasteiger partial charge on any atom is 0.332 e. The van der Waals surface area contributed by atoms with E-state index >= 15 is 0 Å². The van der Waals surface area contributed by atoms with Gasteiger partial charge in [-0.15, -0.1) is 0 Å². The number of nitrogens with two attached hydrogens (primary N) is 1. The highest BCUT2D eigenvalue weighted by Gasteiger charge is 2.26. The Morgan fingerprint density at radius 2 is 1.87 bits per heavy atom. The zero-order valence-electron chi connectivity index (χ0n) is 9.06. The number of aliphatic carboxylic acids is 1. The summed E-state index contributed by atoms with van der Waals surface area (Å²) in [6.07, 6.45) is -2.00. The number of aliphatic hydroxyl groups excluding tert-OH is 1. The first-order valence-electron chi connectivity index (χ1n) is 4.53. The van der Waals surface area contributed by atoms with Gasteiger partial charge in [0.05, 0.1) is 0 Å². The molecule has 2 atom stereocenters. The number of aliphatic hydroxyl groups is 1. The van der Waals surface area contributed by atoms with E-state index in [0.717, 1.165) is 0 Å². The maximum atomic E-state index is 11.3. The molecule has 0 aromatic heterocycles. The molecule has 4 N–H and O–H groups in total. The molecule has 0 heterocycles. The highest BCUT2D eigenvalue weighted by molar-refractivity contribution is 5.78. The summed E-state index contributed by atoms with van der Waals surface area (Å²) in [5, 5.41) is 17.3. The van der Waals surface area contributed by atoms with E-state index in [0.29, 0.717) is 0 Å². The van der Waals surface area contributed by atoms with Crippen molar-refractivity contribution in [3.63, 3.8) is 0 Å². The molecule has 0 aromatic carbocycles. The van der Waals surface area contributed by atoms with Crippen molar-refractivity contribution in [2.45, 2.75) is 44.9 Å². The number of carbonyl (C=O) groups is 2. The van der Waals surface area contributed by atoms with Crippen molar-refractivity contribution in [1.29, 1.82) is 0 Å². The second-order valence-corrected chi connectivity index (χ2v) is 4.23. The summed E-state index contributed by atoms with van der Waals surface area (Å²) in [6, 6.07) is -1.13. The quantitative estimate of drug-likeness (QED) is 0.549. The molecular weight excluding hydrogens is 202 g/mol. The van der Waals surface area contributed by atoms with Gasteiger partial charge in [0.1, 0.15) is 11.6 Å². The van der Waals surface area contributed by atoms with E-state index in [1.165, 1.54) is 0 Å². The van der Waals surface area contributed by atoms with Crippen LogP contribution in [0.1, 0.15) is 27.2 Å². The van der Waals surface area contributed by atoms with Crippen molar-refractivity contribution in [1.82, 2.24) is 0 Å². The van der Waals surface area contributed by atoms with E-state index in [4.69, 9.17) is 20.7 Å². The summed E-state index contributed by atoms with van der Waals surface area (Å²) >= 11 is 0. The summed E-state index contributed by atoms with van der Waals surface area (Å²) in [5.74, 6) is -2.13. The molecule has 0 saturated carbocycles. The fourth-order valence-electron chi connectivity index (χ4n) is 0.815. The van der Waals surface area contributed by atoms with Crippen LogP contribution in [-0.2, 0) is 14.3 Å². The Labute approximate surface area is 88.0 Å². The number of hydrogen-bond donors (Lipinski definition) is 3. The highest BCUT2D eigenvalue weighted by Crippen LogP contribution is 2.09. The Hall–Kier alpha value is -1.14. The van der Waals surface area contributed by atoms with Crippen molar-refractivity contribution in [3.8, 4) is 0 Å². The van der Waals surface area contributed by atoms with Crippen molar-refractivity contribution in [3.05, 3.63) is 0 Å². The molecule has 0 fully saturated rings. The summed E-state index contributed by atoms with van der Waals surface area (Å²) in [7, 11) is 0. The van der Waals surface area contributed by atoms with Crippen molar-refractivity contribution < 1.29 is 24.5 Å². The lowest BCUT2D eigenvalue weighted by molar-refractivity contribution is -0.158. The Kier molecular flexibility index (Phi) is 4.70. The van der Waals surface area contributed by atoms with Gasteiger partial charge in [0.2, 0.25) is 0 Å². The zero-order chi connectivity index (χ0) is 12.2. The van der Waals surface area contributed by atoms with Crippen LogP contribution >= 0.6 is 0 Å². The minimum Gasteiger partial charge on any atom is -0.479 e. The lowest BCUT2D eigenvalue weighted by Gasteiger charge is -2.22. The van der Waals surface area contributed by atoms with E-state index in [1.807, 2.05) is 0 Å². The number of ether oxygens (including phenoxy) is 1. The number of hydrogen-bond acceptors (Lipinski definition) is 5. The van der Waals surface area contributed by atoms with Gasteiger partial charge in [0, 0.05) is 6.42 Å². The molecule has 0 saturated heterocycles. The van der Waals surface area contributed by atoms with Gasteiger partial charge in [-0.2, -0.15) is 0 Å². The normalized spacial score (nSPS) is 15.5. The number of carboxylic acid groups (broad SMARTS) is 1. The molecule has 15 heavy (non-hydrogen) atoms. The van der Waals surface area contributed by atoms with Crippen LogP contribution in [0, 0.1) is 0 Å². The van der Waals surface area contributed by atoms with Crippen LogP contribution in [0.3, 0.4) is 0 Å². The smallest absolute Gasteiger partial charge is 0.332 e. The van der Waals surface area contributed by atoms with E-state index in [-0.39, 0.29) is 6.42 Å². The van der Waals surface area contributed by atoms with Crippen molar-refractivity contribution >= 4 is 11.9 Å². The number of carboxylic acids is 1. The minimum atomic E-state index is -1.65. The predicted octanol–water partition coefficient (Wildman–Crippen LogP) is -0.509. The summed E-state index contributed by atoms with van der Waals surface area (Å²) < 4.78 is 4.91. The Balaban J connectivity index is 4.17. The van der Waals surface area contributed by atoms with Crippen molar-refractivity contribution in [2.75, 3.05) is 0 Å². The van der Waals surface area contributed by atoms with Crippen LogP contribution in [0.2, 0.25) is 0 Å². The Morgan fingerprint density at radius 3 is 2.20 bits per heavy atom. The third-order valence-electron chi connectivity index (χ3n) is 1.47. The molecule has 0 bridgehead atoms. The summed E-state index contributed by atoms with van der Waals surface area (Å²) in [6.45, 7) is 5.02. The van der Waals surface area contributed by atoms with Crippen LogP contribution < -0.4 is 5.73 Å². The van der Waals surface area contributed by atoms with E-state index in [9.17, 15) is 9.59 Å². The lowest BCUT2D eigenvalue weighted by atomic mass is 10.1. The number of rotatable bonds is 4. The van der Waals surface area contributed by atoms with Crippen LogP contribution in [-0.4, -0.2) is 39.9 Å². The zero-order valence-corrected chi connectivity index (χ0v) is 9.06. The van der Waals surface area contributed by atoms with E-state index in [1.54, 1.807) is 20.8 Å². The molecular formula is C9H17NO5. The fraction of sp³-hybridized carbons (Fsp3) is 0.778. The minimum absolute atomic E-state index is 0.357. The van der Waals surface area contributed by atoms with Gasteiger partial charge in [0.15, 0.2) is 6.10 Å². The molecule has 0 aromatic rings. The standard InChI is InChI=1S/C9H17NO5/c1-9(2,3)15-8(14)5(10)4-6(11)7(12)13/h5-6,11H,4,10H2,1-3H3,(H,12,13). The molecule has 0 amide bonds. The molecule has 0 aliphatic rings. The fourth-order valence-corrected chi connectivity index (χ4v) is 0.815. The first-order valence-corrected chi connectivity index (χ1v) is 4.53. The molecule has 0 aliphatic heterocycles. The monoisotopic (exact) mass is 219 g/mol. The average Bonchev–Trinajstić information content (AvgIpc) is 2.00. The van der Waals surface area contributed by atoms with Gasteiger partial charge in [-0.05, 0) is 20.8 Å². The van der Waals surface area contributed by atoms with Crippen LogP contribution in [0.25, 0.3) is 0 Å². The third kappa shape index (κ3) is 6.03. The van der Waals surface area contributed by atoms with Gasteiger partial charge < -0.3 is 20.7 Å². The van der Waals surface area contributed by atoms with Gasteiger partial charge in [-0.1, -0.05) is 0 Å². The number of esters is 1. The summed E-state index contributed by atoms with van der Waals surface area (Å²) in [5.41, 5.74) is 4.69. The van der Waals surface area contributed by atoms with Gasteiger partial charge in [0.25, 0.3) is 0 Å². The summed E-state index contributed by atoms with van der Waals surface area (Å²) in [4.78, 5) is 21.6. The van der Waals surface area contributed by atoms with Crippen molar-refractivity contribution in [2.24, 2.45) is 5.73 Å². The highest BCUT2D eigenvalue weighted by atomic mass is 16.6. The number of carbonyl (C=O) groups excluding carboxylic acids is 1. The Morgan fingerprint density at radius 1 is 1.40 bits per heavy atom. The molecule has 0 aliphatic carbocycles. The first kappa shape index (κ1) is 13.9. The second-order valence-electron chi connectivity index (χ2n) is 4.23. The lowest BCUT2D eigenvalue weighted by Crippen LogP contribution is -2.41. The second kappa shape index (κ2) is 5.09. The maximum absolute atomic E-state index is 11.3. The molecule has 0 radical (unpaired) electrons. The van der Waals surface area contributed by atoms with Crippen LogP contribution in [0.15, 0.2) is 0 Å². The van der Waals surface area contributed by atoms with Gasteiger partial charge in [-0.3, -0.25) is 4.79 Å². The molecule has 0 rings (SSSR count). The third-order valence-corrected chi connectivity index (χ3v) is 1.47. The van der Waals surface area contributed by atoms with E-state index in [2.05, 4.69) is 0 Å². The van der Waals surface area contributed by atoms with Crippen LogP contribution in [0.4, 0.5) is 0 Å². The van der Waals surface area contributed by atoms with Gasteiger partial charge >= 0.3 is 11.9 Å². The SMILES string of the molecule is CC(C)(C)OC(=O)C(N)CC(O)C(=O)O. The van der Waals surface area contributed by atoms with E-state index < -0.39 is 29.7 Å². The molecule has 88 valence electrons. The first-order chi connectivity index (χ1) is 6.63. The average molecular weight is 219 g/mol. The molecule has 6 heteroatoms. The molecule has 6 nitrogen and oxygen atoms in total. The largest absolute Gasteiger partial charge is 0.479 e. The van der Waals surface area contributed by atoms with Crippen LogP contribution in [0.5, 0.6) is 0 Å². The van der Waals surface area contributed by atoms with Gasteiger partial charge in [-0.25, -0.2) is 4.79 Å².